The van der Waals surface area contributed by atoms with Gasteiger partial charge in [-0.1, -0.05) is 0 Å². The zero-order chi connectivity index (χ0) is 17.4. The van der Waals surface area contributed by atoms with E-state index in [4.69, 9.17) is 9.47 Å². The second-order valence-corrected chi connectivity index (χ2v) is 5.83. The summed E-state index contributed by atoms with van der Waals surface area (Å²) in [5.41, 5.74) is 0. The van der Waals surface area contributed by atoms with Crippen LogP contribution in [0.5, 0.6) is 0 Å². The molecule has 24 heavy (non-hydrogen) atoms. The van der Waals surface area contributed by atoms with E-state index >= 15 is 0 Å². The summed E-state index contributed by atoms with van der Waals surface area (Å²) in [5.74, 6) is 0.428. The Morgan fingerprint density at radius 2 is 2.38 bits per heavy atom. The molecule has 2 heterocycles. The summed E-state index contributed by atoms with van der Waals surface area (Å²) >= 11 is 0. The standard InChI is InChI=1S/C15H27N5O4/c1-3-16-14(17-5-6-20-13(21)8-18-15(20)22)19-11(2)9-24-12-4-7-23-10-12/h11-12H,3-10H2,1-2H3,(H,18,22)(H2,16,17,19). The minimum atomic E-state index is -0.353. The molecule has 2 saturated heterocycles. The molecule has 0 aromatic rings. The summed E-state index contributed by atoms with van der Waals surface area (Å²) in [4.78, 5) is 28.6. The Morgan fingerprint density at radius 1 is 1.54 bits per heavy atom. The van der Waals surface area contributed by atoms with E-state index in [1.807, 2.05) is 13.8 Å². The topological polar surface area (TPSA) is 104 Å². The fraction of sp³-hybridized carbons (Fsp3) is 0.800. The van der Waals surface area contributed by atoms with Gasteiger partial charge < -0.3 is 25.4 Å². The smallest absolute Gasteiger partial charge is 0.324 e. The number of hydrogen-bond acceptors (Lipinski definition) is 5. The lowest BCUT2D eigenvalue weighted by molar-refractivity contribution is -0.124. The summed E-state index contributed by atoms with van der Waals surface area (Å²) in [6.07, 6.45) is 1.11. The maximum Gasteiger partial charge on any atom is 0.324 e. The van der Waals surface area contributed by atoms with Crippen molar-refractivity contribution in [2.45, 2.75) is 32.4 Å². The van der Waals surface area contributed by atoms with E-state index in [1.165, 1.54) is 4.90 Å². The van der Waals surface area contributed by atoms with Crippen LogP contribution in [0.2, 0.25) is 0 Å². The molecule has 0 saturated carbocycles. The Bertz CT molecular complexity index is 449. The van der Waals surface area contributed by atoms with Crippen LogP contribution >= 0.6 is 0 Å². The first-order chi connectivity index (χ1) is 11.6. The van der Waals surface area contributed by atoms with E-state index < -0.39 is 0 Å². The summed E-state index contributed by atoms with van der Waals surface area (Å²) in [6, 6.07) is -0.270. The van der Waals surface area contributed by atoms with Gasteiger partial charge in [0.05, 0.1) is 39.0 Å². The highest BCUT2D eigenvalue weighted by Gasteiger charge is 2.27. The van der Waals surface area contributed by atoms with Crippen LogP contribution in [0, 0.1) is 0 Å². The first-order valence-corrected chi connectivity index (χ1v) is 8.42. The molecule has 0 bridgehead atoms. The number of guanidine groups is 1. The van der Waals surface area contributed by atoms with Gasteiger partial charge in [-0.15, -0.1) is 0 Å². The van der Waals surface area contributed by atoms with Crippen LogP contribution in [0.3, 0.4) is 0 Å². The minimum absolute atomic E-state index is 0.0696. The fourth-order valence-electron chi connectivity index (χ4n) is 2.46. The lowest BCUT2D eigenvalue weighted by atomic mass is 10.3. The molecule has 2 unspecified atom stereocenters. The van der Waals surface area contributed by atoms with E-state index in [0.717, 1.165) is 19.6 Å². The predicted molar refractivity (Wildman–Crippen MR) is 88.9 cm³/mol. The van der Waals surface area contributed by atoms with Gasteiger partial charge in [0.15, 0.2) is 5.96 Å². The molecule has 0 aromatic carbocycles. The molecular weight excluding hydrogens is 314 g/mol. The second-order valence-electron chi connectivity index (χ2n) is 5.83. The van der Waals surface area contributed by atoms with Gasteiger partial charge in [0.2, 0.25) is 5.91 Å². The molecule has 3 N–H and O–H groups in total. The summed E-state index contributed by atoms with van der Waals surface area (Å²) < 4.78 is 11.1. The number of rotatable bonds is 8. The molecule has 0 aromatic heterocycles. The maximum absolute atomic E-state index is 11.5. The third kappa shape index (κ3) is 5.64. The van der Waals surface area contributed by atoms with Crippen molar-refractivity contribution in [1.82, 2.24) is 20.9 Å². The third-order valence-corrected chi connectivity index (χ3v) is 3.73. The lowest BCUT2D eigenvalue weighted by Crippen LogP contribution is -2.45. The number of amides is 3. The van der Waals surface area contributed by atoms with Crippen LogP contribution in [0.1, 0.15) is 20.3 Å². The van der Waals surface area contributed by atoms with Gasteiger partial charge >= 0.3 is 6.03 Å². The first-order valence-electron chi connectivity index (χ1n) is 8.42. The molecule has 0 spiro atoms. The molecule has 9 nitrogen and oxygen atoms in total. The average molecular weight is 341 g/mol. The lowest BCUT2D eigenvalue weighted by Gasteiger charge is -2.20. The van der Waals surface area contributed by atoms with Gasteiger partial charge in [0.1, 0.15) is 0 Å². The van der Waals surface area contributed by atoms with Gasteiger partial charge in [-0.3, -0.25) is 14.7 Å². The van der Waals surface area contributed by atoms with Crippen molar-refractivity contribution < 1.29 is 19.1 Å². The zero-order valence-electron chi connectivity index (χ0n) is 14.3. The Hall–Kier alpha value is -1.87. The molecule has 3 amide bonds. The summed E-state index contributed by atoms with van der Waals surface area (Å²) in [6.45, 7) is 7.38. The highest BCUT2D eigenvalue weighted by molar-refractivity contribution is 6.01. The van der Waals surface area contributed by atoms with Gasteiger partial charge in [-0.05, 0) is 20.3 Å². The van der Waals surface area contributed by atoms with Gasteiger partial charge in [-0.25, -0.2) is 4.79 Å². The number of carbonyl (C=O) groups excluding carboxylic acids is 2. The number of carbonyl (C=O) groups is 2. The molecule has 2 rings (SSSR count). The second kappa shape index (κ2) is 9.43. The highest BCUT2D eigenvalue weighted by Crippen LogP contribution is 2.08. The monoisotopic (exact) mass is 341 g/mol. The van der Waals surface area contributed by atoms with Crippen LogP contribution in [0.15, 0.2) is 4.99 Å². The van der Waals surface area contributed by atoms with Gasteiger partial charge in [-0.2, -0.15) is 0 Å². The Morgan fingerprint density at radius 3 is 3.00 bits per heavy atom. The molecular formula is C15H27N5O4. The molecule has 2 aliphatic rings. The largest absolute Gasteiger partial charge is 0.379 e. The number of hydrogen-bond donors (Lipinski definition) is 3. The number of urea groups is 1. The zero-order valence-corrected chi connectivity index (χ0v) is 14.3. The Balaban J connectivity index is 1.74. The number of aliphatic imine (C=N–C) groups is 1. The van der Waals surface area contributed by atoms with E-state index in [2.05, 4.69) is 20.9 Å². The van der Waals surface area contributed by atoms with E-state index in [9.17, 15) is 9.59 Å². The van der Waals surface area contributed by atoms with Crippen LogP contribution in [0.25, 0.3) is 0 Å². The van der Waals surface area contributed by atoms with Gasteiger partial charge in [0, 0.05) is 19.2 Å². The summed E-state index contributed by atoms with van der Waals surface area (Å²) in [5, 5.41) is 8.89. The molecule has 136 valence electrons. The van der Waals surface area contributed by atoms with Crippen LogP contribution in [0.4, 0.5) is 4.79 Å². The van der Waals surface area contributed by atoms with E-state index in [1.54, 1.807) is 0 Å². The van der Waals surface area contributed by atoms with E-state index in [-0.39, 0.29) is 37.2 Å². The Kier molecular flexibility index (Phi) is 7.26. The maximum atomic E-state index is 11.5. The number of imide groups is 1. The predicted octanol–water partition coefficient (Wildman–Crippen LogP) is -0.713. The molecule has 2 atom stereocenters. The SMILES string of the molecule is CCNC(=NCCN1C(=O)CNC1=O)NC(C)COC1CCOC1. The van der Waals surface area contributed by atoms with E-state index in [0.29, 0.717) is 25.7 Å². The van der Waals surface area contributed by atoms with Crippen LogP contribution in [-0.4, -0.2) is 80.9 Å². The molecule has 2 fully saturated rings. The van der Waals surface area contributed by atoms with Crippen LogP contribution < -0.4 is 16.0 Å². The van der Waals surface area contributed by atoms with Crippen LogP contribution in [-0.2, 0) is 14.3 Å². The Labute approximate surface area is 142 Å². The molecule has 0 radical (unpaired) electrons. The van der Waals surface area contributed by atoms with Crippen molar-refractivity contribution in [3.05, 3.63) is 0 Å². The third-order valence-electron chi connectivity index (χ3n) is 3.73. The number of nitrogens with zero attached hydrogens (tertiary/aromatic N) is 2. The highest BCUT2D eigenvalue weighted by atomic mass is 16.5. The number of nitrogens with one attached hydrogen (secondary N) is 3. The van der Waals surface area contributed by atoms with Crippen molar-refractivity contribution in [3.63, 3.8) is 0 Å². The number of ether oxygens (including phenoxy) is 2. The summed E-state index contributed by atoms with van der Waals surface area (Å²) in [7, 11) is 0. The van der Waals surface area contributed by atoms with Crippen molar-refractivity contribution >= 4 is 17.9 Å². The minimum Gasteiger partial charge on any atom is -0.379 e. The van der Waals surface area contributed by atoms with Crippen molar-refractivity contribution in [3.8, 4) is 0 Å². The fourth-order valence-corrected chi connectivity index (χ4v) is 2.46. The average Bonchev–Trinajstić information content (AvgIpc) is 3.18. The van der Waals surface area contributed by atoms with Crippen molar-refractivity contribution in [2.24, 2.45) is 4.99 Å². The normalized spacial score (nSPS) is 22.7. The van der Waals surface area contributed by atoms with Gasteiger partial charge in [0.25, 0.3) is 0 Å². The quantitative estimate of drug-likeness (QED) is 0.306. The first kappa shape index (κ1) is 18.5. The van der Waals surface area contributed by atoms with Crippen molar-refractivity contribution in [1.29, 1.82) is 0 Å². The molecule has 9 heteroatoms. The van der Waals surface area contributed by atoms with Crippen molar-refractivity contribution in [2.75, 3.05) is 46.0 Å². The molecule has 2 aliphatic heterocycles. The molecule has 0 aliphatic carbocycles.